The van der Waals surface area contributed by atoms with Gasteiger partial charge in [0, 0.05) is 32.2 Å². The fraction of sp³-hybridized carbons (Fsp3) is 0.462. The zero-order chi connectivity index (χ0) is 24.2. The van der Waals surface area contributed by atoms with Crippen molar-refractivity contribution in [2.45, 2.75) is 26.4 Å². The summed E-state index contributed by atoms with van der Waals surface area (Å²) in [4.78, 5) is 34.2. The highest BCUT2D eigenvalue weighted by Crippen LogP contribution is 2.33. The van der Waals surface area contributed by atoms with Gasteiger partial charge in [0.15, 0.2) is 0 Å². The molecule has 3 heterocycles. The van der Waals surface area contributed by atoms with Crippen molar-refractivity contribution < 1.29 is 19.4 Å². The number of aliphatic hydroxyl groups excluding tert-OH is 1. The van der Waals surface area contributed by atoms with E-state index in [4.69, 9.17) is 10.5 Å². The van der Waals surface area contributed by atoms with Crippen molar-refractivity contribution in [3.8, 4) is 5.88 Å². The minimum atomic E-state index is -0.698. The molecule has 2 amide bonds. The average molecular weight is 466 g/mol. The van der Waals surface area contributed by atoms with Gasteiger partial charge in [-0.25, -0.2) is 4.98 Å². The van der Waals surface area contributed by atoms with Crippen molar-refractivity contribution in [3.63, 3.8) is 0 Å². The van der Waals surface area contributed by atoms with Crippen LogP contribution < -0.4 is 10.5 Å². The summed E-state index contributed by atoms with van der Waals surface area (Å²) < 4.78 is 5.43. The third-order valence-electron chi connectivity index (χ3n) is 6.60. The van der Waals surface area contributed by atoms with Gasteiger partial charge in [-0.2, -0.15) is 0 Å². The Hall–Kier alpha value is -2.97. The second kappa shape index (κ2) is 10.5. The summed E-state index contributed by atoms with van der Waals surface area (Å²) in [7, 11) is 0. The average Bonchev–Trinajstić information content (AvgIpc) is 3.36. The summed E-state index contributed by atoms with van der Waals surface area (Å²) in [6, 6.07) is 11.8. The smallest absolute Gasteiger partial charge is 0.256 e. The molecule has 0 saturated carbocycles. The Kier molecular flexibility index (Phi) is 7.48. The molecule has 2 fully saturated rings. The summed E-state index contributed by atoms with van der Waals surface area (Å²) in [5.74, 6) is 0.124. The van der Waals surface area contributed by atoms with E-state index < -0.39 is 12.0 Å². The number of ether oxygens (including phenoxy) is 1. The summed E-state index contributed by atoms with van der Waals surface area (Å²) in [5.41, 5.74) is 7.58. The van der Waals surface area contributed by atoms with Crippen LogP contribution in [0, 0.1) is 25.2 Å². The van der Waals surface area contributed by atoms with E-state index in [0.29, 0.717) is 30.6 Å². The van der Waals surface area contributed by atoms with Crippen molar-refractivity contribution in [2.24, 2.45) is 17.6 Å². The van der Waals surface area contributed by atoms with Crippen LogP contribution in [0.25, 0.3) is 0 Å². The minimum Gasteiger partial charge on any atom is -0.475 e. The number of aromatic nitrogens is 1. The van der Waals surface area contributed by atoms with Crippen molar-refractivity contribution in [1.82, 2.24) is 14.8 Å². The van der Waals surface area contributed by atoms with Gasteiger partial charge in [-0.15, -0.1) is 0 Å². The first-order valence-corrected chi connectivity index (χ1v) is 11.8. The van der Waals surface area contributed by atoms with E-state index in [1.807, 2.05) is 11.0 Å². The zero-order valence-corrected chi connectivity index (χ0v) is 19.8. The van der Waals surface area contributed by atoms with Crippen LogP contribution in [0.5, 0.6) is 5.88 Å². The Bertz CT molecular complexity index is 1010. The van der Waals surface area contributed by atoms with E-state index in [-0.39, 0.29) is 29.5 Å². The number of likely N-dealkylation sites (tertiary alicyclic amines) is 2. The number of carbonyl (C=O) groups excluding carboxylic acids is 2. The molecule has 3 atom stereocenters. The highest BCUT2D eigenvalue weighted by Gasteiger charge is 2.42. The summed E-state index contributed by atoms with van der Waals surface area (Å²) in [6.07, 6.45) is 2.59. The predicted octanol–water partition coefficient (Wildman–Crippen LogP) is 1.90. The lowest BCUT2D eigenvalue weighted by Gasteiger charge is -2.23. The molecule has 34 heavy (non-hydrogen) atoms. The minimum absolute atomic E-state index is 0.0348. The van der Waals surface area contributed by atoms with Crippen molar-refractivity contribution in [3.05, 3.63) is 65.2 Å². The maximum absolute atomic E-state index is 13.4. The topological polar surface area (TPSA) is 109 Å². The van der Waals surface area contributed by atoms with Gasteiger partial charge < -0.3 is 25.4 Å². The molecule has 1 aromatic carbocycles. The number of nitrogens with two attached hydrogens (primary N) is 1. The third-order valence-corrected chi connectivity index (χ3v) is 6.60. The van der Waals surface area contributed by atoms with Gasteiger partial charge in [0.2, 0.25) is 11.8 Å². The van der Waals surface area contributed by atoms with Gasteiger partial charge in [0.05, 0.1) is 22.9 Å². The molecule has 0 bridgehead atoms. The number of amides is 2. The van der Waals surface area contributed by atoms with Crippen LogP contribution in [-0.2, 0) is 0 Å². The molecular formula is C26H33N4O4. The Morgan fingerprint density at radius 3 is 2.50 bits per heavy atom. The standard InChI is InChI=1S/C26H33N4O4/c1-17(31)16-34-23-11-22(25(27)32)24(18(2)28-23)26(33)30-14-20-12-29(13-21(20)15-30)10-6-9-19-7-4-3-5-8-19/h3-5,7-9,11,17,20-21,31H,6,10,12-16H2,1-2H3,(H2,27,32)/t17-,20?,21?/m0/s1. The normalized spacial score (nSPS) is 20.9. The molecule has 2 aliphatic heterocycles. The quantitative estimate of drug-likeness (QED) is 0.586. The maximum atomic E-state index is 13.4. The number of hydrogen-bond donors (Lipinski definition) is 2. The zero-order valence-electron chi connectivity index (χ0n) is 19.8. The molecule has 181 valence electrons. The number of benzene rings is 1. The van der Waals surface area contributed by atoms with E-state index >= 15 is 0 Å². The van der Waals surface area contributed by atoms with Crippen molar-refractivity contribution in [2.75, 3.05) is 39.3 Å². The highest BCUT2D eigenvalue weighted by atomic mass is 16.5. The molecule has 8 nitrogen and oxygen atoms in total. The SMILES string of the molecule is Cc1nc(OC[C@H](C)O)cc(C(N)=O)c1C(=O)N1CC2CN(CC[CH]c3ccccc3)CC2C1. The van der Waals surface area contributed by atoms with Gasteiger partial charge in [-0.05, 0) is 50.6 Å². The molecule has 0 spiro atoms. The molecule has 3 N–H and O–H groups in total. The van der Waals surface area contributed by atoms with Gasteiger partial charge in [0.25, 0.3) is 5.91 Å². The first-order chi connectivity index (χ1) is 16.3. The maximum Gasteiger partial charge on any atom is 0.256 e. The monoisotopic (exact) mass is 465 g/mol. The first-order valence-electron chi connectivity index (χ1n) is 11.8. The van der Waals surface area contributed by atoms with Crippen LogP contribution in [0.4, 0.5) is 0 Å². The Balaban J connectivity index is 1.36. The van der Waals surface area contributed by atoms with Crippen molar-refractivity contribution in [1.29, 1.82) is 0 Å². The van der Waals surface area contributed by atoms with Gasteiger partial charge in [-0.3, -0.25) is 9.59 Å². The highest BCUT2D eigenvalue weighted by molar-refractivity contribution is 6.07. The van der Waals surface area contributed by atoms with Gasteiger partial charge in [-0.1, -0.05) is 30.3 Å². The Morgan fingerprint density at radius 1 is 1.21 bits per heavy atom. The van der Waals surface area contributed by atoms with Gasteiger partial charge in [0.1, 0.15) is 6.61 Å². The molecule has 2 aliphatic rings. The largest absolute Gasteiger partial charge is 0.475 e. The van der Waals surface area contributed by atoms with E-state index in [2.05, 4.69) is 40.6 Å². The van der Waals surface area contributed by atoms with Crippen LogP contribution >= 0.6 is 0 Å². The van der Waals surface area contributed by atoms with E-state index in [0.717, 1.165) is 26.1 Å². The van der Waals surface area contributed by atoms with Crippen LogP contribution in [0.3, 0.4) is 0 Å². The number of fused-ring (bicyclic) bond motifs is 1. The second-order valence-corrected chi connectivity index (χ2v) is 9.39. The lowest BCUT2D eigenvalue weighted by Crippen LogP contribution is -2.35. The molecule has 8 heteroatoms. The number of rotatable bonds is 9. The van der Waals surface area contributed by atoms with Crippen LogP contribution in [-0.4, -0.2) is 77.1 Å². The lowest BCUT2D eigenvalue weighted by atomic mass is 10.0. The molecule has 2 unspecified atom stereocenters. The third kappa shape index (κ3) is 5.56. The van der Waals surface area contributed by atoms with Crippen molar-refractivity contribution >= 4 is 11.8 Å². The number of aryl methyl sites for hydroxylation is 1. The Morgan fingerprint density at radius 2 is 1.88 bits per heavy atom. The van der Waals surface area contributed by atoms with E-state index in [9.17, 15) is 14.7 Å². The second-order valence-electron chi connectivity index (χ2n) is 9.39. The first kappa shape index (κ1) is 24.2. The predicted molar refractivity (Wildman–Crippen MR) is 128 cm³/mol. The summed E-state index contributed by atoms with van der Waals surface area (Å²) >= 11 is 0. The lowest BCUT2D eigenvalue weighted by molar-refractivity contribution is 0.0766. The van der Waals surface area contributed by atoms with Gasteiger partial charge >= 0.3 is 0 Å². The molecule has 4 rings (SSSR count). The number of carbonyl (C=O) groups is 2. The number of hydrogen-bond acceptors (Lipinski definition) is 6. The number of aliphatic hydroxyl groups is 1. The molecule has 1 aromatic heterocycles. The summed E-state index contributed by atoms with van der Waals surface area (Å²) in [5, 5.41) is 9.43. The fourth-order valence-corrected chi connectivity index (χ4v) is 4.99. The fourth-order valence-electron chi connectivity index (χ4n) is 4.99. The molecule has 2 saturated heterocycles. The Labute approximate surface area is 200 Å². The van der Waals surface area contributed by atoms with Crippen LogP contribution in [0.2, 0.25) is 0 Å². The van der Waals surface area contributed by atoms with Crippen LogP contribution in [0.15, 0.2) is 36.4 Å². The number of primary amides is 1. The van der Waals surface area contributed by atoms with E-state index in [1.54, 1.807) is 13.8 Å². The molecule has 2 aromatic rings. The van der Waals surface area contributed by atoms with Crippen LogP contribution in [0.1, 0.15) is 45.3 Å². The number of nitrogens with zero attached hydrogens (tertiary/aromatic N) is 3. The molecular weight excluding hydrogens is 432 g/mol. The summed E-state index contributed by atoms with van der Waals surface area (Å²) in [6.45, 7) is 7.60. The molecule has 1 radical (unpaired) electrons. The molecule has 0 aliphatic carbocycles. The number of pyridine rings is 1. The van der Waals surface area contributed by atoms with E-state index in [1.165, 1.54) is 11.6 Å².